The second-order valence-electron chi connectivity index (χ2n) is 9.12. The predicted molar refractivity (Wildman–Crippen MR) is 134 cm³/mol. The molecule has 0 aliphatic carbocycles. The van der Waals surface area contributed by atoms with Crippen LogP contribution in [0.25, 0.3) is 22.2 Å². The Morgan fingerprint density at radius 1 is 1.17 bits per heavy atom. The van der Waals surface area contributed by atoms with Crippen molar-refractivity contribution in [2.75, 3.05) is 30.3 Å². The molecule has 0 spiro atoms. The average molecular weight is 478 g/mol. The van der Waals surface area contributed by atoms with Crippen LogP contribution in [-0.2, 0) is 17.8 Å². The van der Waals surface area contributed by atoms with Crippen molar-refractivity contribution in [3.8, 4) is 0 Å². The van der Waals surface area contributed by atoms with Gasteiger partial charge in [-0.2, -0.15) is 9.97 Å². The van der Waals surface area contributed by atoms with Crippen LogP contribution in [0.3, 0.4) is 0 Å². The maximum atomic E-state index is 12.1. The predicted octanol–water partition coefficient (Wildman–Crippen LogP) is 3.26. The standard InChI is InChI=1S/C24H31N9O2/c1-16(2)33-15-27-18-7-6-17(12-19(18)33)13-26-24(34)35-11-4-3-8-32-14-28-20-21(25)29-23(30-22(20)32)31-9-5-10-31/h6-7,12,14-16H,3-5,8-11,13H2,1-2H3,(H,26,34)(H2,25,29,30). The molecule has 5 rings (SSSR count). The van der Waals surface area contributed by atoms with E-state index in [4.69, 9.17) is 10.5 Å². The number of alkyl carbamates (subject to hydrolysis) is 1. The van der Waals surface area contributed by atoms with E-state index in [-0.39, 0.29) is 0 Å². The van der Waals surface area contributed by atoms with Gasteiger partial charge in [-0.1, -0.05) is 6.07 Å². The van der Waals surface area contributed by atoms with Crippen LogP contribution in [0.2, 0.25) is 0 Å². The van der Waals surface area contributed by atoms with Gasteiger partial charge in [0.1, 0.15) is 5.52 Å². The highest BCUT2D eigenvalue weighted by Gasteiger charge is 2.20. The number of nitrogens with one attached hydrogen (secondary N) is 1. The first-order chi connectivity index (χ1) is 17.0. The molecule has 1 aromatic carbocycles. The van der Waals surface area contributed by atoms with Crippen molar-refractivity contribution < 1.29 is 9.53 Å². The van der Waals surface area contributed by atoms with Gasteiger partial charge in [-0.3, -0.25) is 0 Å². The molecule has 184 valence electrons. The molecular formula is C24H31N9O2. The molecule has 1 saturated heterocycles. The van der Waals surface area contributed by atoms with E-state index in [1.54, 1.807) is 6.33 Å². The second kappa shape index (κ2) is 9.77. The quantitative estimate of drug-likeness (QED) is 0.352. The number of nitrogen functional groups attached to an aromatic ring is 1. The van der Waals surface area contributed by atoms with Gasteiger partial charge in [0.05, 0.1) is 30.3 Å². The fourth-order valence-corrected chi connectivity index (χ4v) is 4.14. The minimum absolute atomic E-state index is 0.320. The van der Waals surface area contributed by atoms with Gasteiger partial charge < -0.3 is 29.8 Å². The van der Waals surface area contributed by atoms with Crippen molar-refractivity contribution in [2.24, 2.45) is 0 Å². The number of amides is 1. The number of benzene rings is 1. The number of unbranched alkanes of at least 4 members (excludes halogenated alkanes) is 1. The van der Waals surface area contributed by atoms with E-state index in [2.05, 4.69) is 54.6 Å². The van der Waals surface area contributed by atoms with Crippen LogP contribution in [0.5, 0.6) is 0 Å². The van der Waals surface area contributed by atoms with Gasteiger partial charge in [-0.05, 0) is 50.8 Å². The fourth-order valence-electron chi connectivity index (χ4n) is 4.14. The molecular weight excluding hydrogens is 446 g/mol. The minimum atomic E-state index is -0.421. The van der Waals surface area contributed by atoms with Gasteiger partial charge in [0.2, 0.25) is 5.95 Å². The second-order valence-corrected chi connectivity index (χ2v) is 9.12. The van der Waals surface area contributed by atoms with Crippen molar-refractivity contribution in [3.05, 3.63) is 36.4 Å². The van der Waals surface area contributed by atoms with E-state index in [0.29, 0.717) is 43.0 Å². The summed E-state index contributed by atoms with van der Waals surface area (Å²) in [5.41, 5.74) is 10.5. The van der Waals surface area contributed by atoms with E-state index in [9.17, 15) is 4.79 Å². The molecule has 0 atom stereocenters. The summed E-state index contributed by atoms with van der Waals surface area (Å²) in [6.07, 6.45) is 5.86. The zero-order chi connectivity index (χ0) is 24.4. The molecule has 0 bridgehead atoms. The molecule has 11 nitrogen and oxygen atoms in total. The number of aromatic nitrogens is 6. The number of nitrogens with two attached hydrogens (primary N) is 1. The number of aryl methyl sites for hydroxylation is 1. The Bertz CT molecular complexity index is 1340. The van der Waals surface area contributed by atoms with Gasteiger partial charge in [0.15, 0.2) is 11.5 Å². The smallest absolute Gasteiger partial charge is 0.407 e. The van der Waals surface area contributed by atoms with E-state index >= 15 is 0 Å². The first kappa shape index (κ1) is 22.9. The molecule has 3 N–H and O–H groups in total. The van der Waals surface area contributed by atoms with E-state index < -0.39 is 6.09 Å². The van der Waals surface area contributed by atoms with E-state index in [0.717, 1.165) is 54.6 Å². The van der Waals surface area contributed by atoms with Crippen LogP contribution in [-0.4, -0.2) is 54.9 Å². The number of carbonyl (C=O) groups is 1. The highest BCUT2D eigenvalue weighted by Crippen LogP contribution is 2.23. The van der Waals surface area contributed by atoms with E-state index in [1.165, 1.54) is 0 Å². The lowest BCUT2D eigenvalue weighted by Gasteiger charge is -2.30. The Morgan fingerprint density at radius 3 is 2.80 bits per heavy atom. The highest BCUT2D eigenvalue weighted by atomic mass is 16.5. The molecule has 0 unspecified atom stereocenters. The summed E-state index contributed by atoms with van der Waals surface area (Å²) in [6.45, 7) is 7.60. The van der Waals surface area contributed by atoms with Gasteiger partial charge >= 0.3 is 6.09 Å². The first-order valence-corrected chi connectivity index (χ1v) is 12.1. The summed E-state index contributed by atoms with van der Waals surface area (Å²) in [5, 5.41) is 2.83. The Hall–Kier alpha value is -3.89. The van der Waals surface area contributed by atoms with Crippen molar-refractivity contribution in [2.45, 2.75) is 52.2 Å². The molecule has 4 heterocycles. The third-order valence-corrected chi connectivity index (χ3v) is 6.28. The fraction of sp³-hybridized carbons (Fsp3) is 0.458. The molecule has 1 aliphatic heterocycles. The number of rotatable bonds is 9. The lowest BCUT2D eigenvalue weighted by Crippen LogP contribution is -2.38. The summed E-state index contributed by atoms with van der Waals surface area (Å²) < 4.78 is 9.45. The Labute approximate surface area is 203 Å². The molecule has 1 aliphatic rings. The Morgan fingerprint density at radius 2 is 2.03 bits per heavy atom. The summed E-state index contributed by atoms with van der Waals surface area (Å²) in [5.74, 6) is 1.07. The summed E-state index contributed by atoms with van der Waals surface area (Å²) in [7, 11) is 0. The van der Waals surface area contributed by atoms with Gasteiger partial charge in [-0.25, -0.2) is 14.8 Å². The Kier molecular flexibility index (Phi) is 6.39. The minimum Gasteiger partial charge on any atom is -0.450 e. The normalized spacial score (nSPS) is 13.5. The molecule has 3 aromatic heterocycles. The molecule has 0 saturated carbocycles. The molecule has 1 fully saturated rings. The lowest BCUT2D eigenvalue weighted by molar-refractivity contribution is 0.143. The van der Waals surface area contributed by atoms with Crippen molar-refractivity contribution in [1.82, 2.24) is 34.4 Å². The number of anilines is 2. The van der Waals surface area contributed by atoms with Crippen molar-refractivity contribution in [3.63, 3.8) is 0 Å². The number of hydrogen-bond acceptors (Lipinski definition) is 8. The van der Waals surface area contributed by atoms with Crippen LogP contribution in [0.1, 0.15) is 44.7 Å². The maximum Gasteiger partial charge on any atom is 0.407 e. The number of carbonyl (C=O) groups excluding carboxylic acids is 1. The van der Waals surface area contributed by atoms with Gasteiger partial charge in [0.25, 0.3) is 0 Å². The zero-order valence-corrected chi connectivity index (χ0v) is 20.1. The van der Waals surface area contributed by atoms with Crippen LogP contribution in [0, 0.1) is 0 Å². The third-order valence-electron chi connectivity index (χ3n) is 6.28. The van der Waals surface area contributed by atoms with E-state index in [1.807, 2.05) is 23.0 Å². The number of nitrogens with zero attached hydrogens (tertiary/aromatic N) is 7. The molecule has 35 heavy (non-hydrogen) atoms. The van der Waals surface area contributed by atoms with Crippen molar-refractivity contribution >= 4 is 40.1 Å². The van der Waals surface area contributed by atoms with Gasteiger partial charge in [0, 0.05) is 32.2 Å². The summed E-state index contributed by atoms with van der Waals surface area (Å²) >= 11 is 0. The topological polar surface area (TPSA) is 129 Å². The number of ether oxygens (including phenoxy) is 1. The molecule has 0 radical (unpaired) electrons. The number of fused-ring (bicyclic) bond motifs is 2. The van der Waals surface area contributed by atoms with Crippen LogP contribution in [0.4, 0.5) is 16.6 Å². The van der Waals surface area contributed by atoms with Crippen molar-refractivity contribution in [1.29, 1.82) is 0 Å². The SMILES string of the molecule is CC(C)n1cnc2ccc(CNC(=O)OCCCCn3cnc4c(N)nc(N5CCC5)nc43)cc21. The van der Waals surface area contributed by atoms with Crippen LogP contribution in [0.15, 0.2) is 30.9 Å². The van der Waals surface area contributed by atoms with Crippen LogP contribution >= 0.6 is 0 Å². The lowest BCUT2D eigenvalue weighted by atomic mass is 10.2. The first-order valence-electron chi connectivity index (χ1n) is 12.1. The zero-order valence-electron chi connectivity index (χ0n) is 20.1. The average Bonchev–Trinajstić information content (AvgIpc) is 3.40. The number of imidazole rings is 2. The molecule has 4 aromatic rings. The summed E-state index contributed by atoms with van der Waals surface area (Å²) in [6, 6.07) is 6.32. The molecule has 1 amide bonds. The third kappa shape index (κ3) is 4.84. The molecule has 11 heteroatoms. The largest absolute Gasteiger partial charge is 0.450 e. The van der Waals surface area contributed by atoms with Gasteiger partial charge in [-0.15, -0.1) is 0 Å². The van der Waals surface area contributed by atoms with Crippen LogP contribution < -0.4 is 16.0 Å². The highest BCUT2D eigenvalue weighted by molar-refractivity contribution is 5.83. The Balaban J connectivity index is 1.08. The maximum absolute atomic E-state index is 12.1. The summed E-state index contributed by atoms with van der Waals surface area (Å²) in [4.78, 5) is 32.1. The number of hydrogen-bond donors (Lipinski definition) is 2. The monoisotopic (exact) mass is 477 g/mol.